The summed E-state index contributed by atoms with van der Waals surface area (Å²) in [6, 6.07) is 0. The molecule has 1 atom stereocenters. The maximum Gasteiger partial charge on any atom is 0.251 e. The van der Waals surface area contributed by atoms with Gasteiger partial charge in [-0.15, -0.1) is 5.10 Å². The van der Waals surface area contributed by atoms with Crippen LogP contribution in [0.25, 0.3) is 11.2 Å². The molecule has 11 nitrogen and oxygen atoms in total. The van der Waals surface area contributed by atoms with Gasteiger partial charge < -0.3 is 19.4 Å². The lowest BCUT2D eigenvalue weighted by Gasteiger charge is -2.43. The Labute approximate surface area is 167 Å². The van der Waals surface area contributed by atoms with E-state index in [0.717, 1.165) is 18.7 Å². The molecular formula is C18H24N8O3. The van der Waals surface area contributed by atoms with E-state index in [-0.39, 0.29) is 23.8 Å². The van der Waals surface area contributed by atoms with Crippen LogP contribution in [0.15, 0.2) is 6.33 Å². The van der Waals surface area contributed by atoms with Crippen LogP contribution in [0.1, 0.15) is 12.8 Å². The Morgan fingerprint density at radius 2 is 1.79 bits per heavy atom. The molecule has 0 N–H and O–H groups in total. The standard InChI is InChI=1S/C18H24N8O3/c1-23-15-14(21-22-23)16(20-11-19-15)26-9-12(10-26)17(27)24-4-6-25(7-5-24)18(28)13-3-2-8-29-13/h11-13H,2-10H2,1H3. The molecule has 0 bridgehead atoms. The summed E-state index contributed by atoms with van der Waals surface area (Å²) >= 11 is 0. The van der Waals surface area contributed by atoms with E-state index >= 15 is 0 Å². The first kappa shape index (κ1) is 18.2. The van der Waals surface area contributed by atoms with Crippen LogP contribution in [0, 0.1) is 5.92 Å². The summed E-state index contributed by atoms with van der Waals surface area (Å²) in [7, 11) is 1.79. The van der Waals surface area contributed by atoms with Gasteiger partial charge in [-0.3, -0.25) is 9.59 Å². The second kappa shape index (κ2) is 7.21. The zero-order valence-electron chi connectivity index (χ0n) is 16.4. The summed E-state index contributed by atoms with van der Waals surface area (Å²) in [5.41, 5.74) is 1.33. The zero-order chi connectivity index (χ0) is 20.0. The monoisotopic (exact) mass is 400 g/mol. The quantitative estimate of drug-likeness (QED) is 0.648. The van der Waals surface area contributed by atoms with Gasteiger partial charge in [0.25, 0.3) is 5.91 Å². The number of rotatable bonds is 3. The number of carbonyl (C=O) groups excluding carboxylic acids is 2. The molecule has 1 unspecified atom stereocenters. The van der Waals surface area contributed by atoms with Crippen molar-refractivity contribution in [3.63, 3.8) is 0 Å². The number of anilines is 1. The van der Waals surface area contributed by atoms with E-state index in [9.17, 15) is 9.59 Å². The van der Waals surface area contributed by atoms with Gasteiger partial charge in [0.1, 0.15) is 12.4 Å². The summed E-state index contributed by atoms with van der Waals surface area (Å²) in [6.45, 7) is 4.19. The highest BCUT2D eigenvalue weighted by atomic mass is 16.5. The molecule has 5 rings (SSSR count). The number of nitrogens with zero attached hydrogens (tertiary/aromatic N) is 8. The molecule has 0 saturated carbocycles. The molecule has 3 fully saturated rings. The first-order chi connectivity index (χ1) is 14.1. The fourth-order valence-corrected chi connectivity index (χ4v) is 4.26. The van der Waals surface area contributed by atoms with Crippen LogP contribution >= 0.6 is 0 Å². The van der Waals surface area contributed by atoms with E-state index in [4.69, 9.17) is 4.74 Å². The molecular weight excluding hydrogens is 376 g/mol. The van der Waals surface area contributed by atoms with Crippen molar-refractivity contribution in [2.24, 2.45) is 13.0 Å². The SMILES string of the molecule is Cn1nnc2c(N3CC(C(=O)N4CCN(C(=O)C5CCCO5)CC4)C3)ncnc21. The summed E-state index contributed by atoms with van der Waals surface area (Å²) in [4.78, 5) is 39.6. The Bertz CT molecular complexity index is 926. The maximum absolute atomic E-state index is 12.9. The second-order valence-corrected chi connectivity index (χ2v) is 7.84. The van der Waals surface area contributed by atoms with Gasteiger partial charge in [0.05, 0.1) is 5.92 Å². The van der Waals surface area contributed by atoms with Crippen LogP contribution < -0.4 is 4.90 Å². The number of ether oxygens (including phenoxy) is 1. The fraction of sp³-hybridized carbons (Fsp3) is 0.667. The summed E-state index contributed by atoms with van der Waals surface area (Å²) < 4.78 is 7.11. The second-order valence-electron chi connectivity index (χ2n) is 7.84. The predicted molar refractivity (Wildman–Crippen MR) is 102 cm³/mol. The van der Waals surface area contributed by atoms with E-state index in [1.54, 1.807) is 11.7 Å². The smallest absolute Gasteiger partial charge is 0.251 e. The lowest BCUT2D eigenvalue weighted by atomic mass is 9.98. The van der Waals surface area contributed by atoms with E-state index in [1.807, 2.05) is 14.7 Å². The molecule has 2 aromatic heterocycles. The van der Waals surface area contributed by atoms with Crippen LogP contribution in [0.3, 0.4) is 0 Å². The summed E-state index contributed by atoms with van der Waals surface area (Å²) in [5.74, 6) is 0.882. The third-order valence-corrected chi connectivity index (χ3v) is 6.01. The number of fused-ring (bicyclic) bond motifs is 1. The molecule has 0 radical (unpaired) electrons. The Kier molecular flexibility index (Phi) is 4.53. The van der Waals surface area contributed by atoms with Crippen LogP contribution in [0.4, 0.5) is 5.82 Å². The van der Waals surface area contributed by atoms with E-state index in [2.05, 4.69) is 20.3 Å². The molecule has 3 saturated heterocycles. The predicted octanol–water partition coefficient (Wildman–Crippen LogP) is -0.956. The van der Waals surface area contributed by atoms with Gasteiger partial charge in [-0.2, -0.15) is 0 Å². The maximum atomic E-state index is 12.9. The highest BCUT2D eigenvalue weighted by molar-refractivity contribution is 5.87. The molecule has 2 amide bonds. The van der Waals surface area contributed by atoms with Crippen molar-refractivity contribution in [1.29, 1.82) is 0 Å². The van der Waals surface area contributed by atoms with Gasteiger partial charge in [0, 0.05) is 52.9 Å². The van der Waals surface area contributed by atoms with Crippen LogP contribution in [0.2, 0.25) is 0 Å². The summed E-state index contributed by atoms with van der Waals surface area (Å²) in [5, 5.41) is 8.14. The Morgan fingerprint density at radius 1 is 1.07 bits per heavy atom. The molecule has 0 spiro atoms. The fourth-order valence-electron chi connectivity index (χ4n) is 4.26. The van der Waals surface area contributed by atoms with Crippen molar-refractivity contribution in [3.8, 4) is 0 Å². The molecule has 2 aromatic rings. The minimum atomic E-state index is -0.289. The highest BCUT2D eigenvalue weighted by Crippen LogP contribution is 2.28. The lowest BCUT2D eigenvalue weighted by molar-refractivity contribution is -0.147. The van der Waals surface area contributed by atoms with Gasteiger partial charge in [-0.1, -0.05) is 5.21 Å². The number of amides is 2. The van der Waals surface area contributed by atoms with Crippen molar-refractivity contribution < 1.29 is 14.3 Å². The number of carbonyl (C=O) groups is 2. The number of hydrogen-bond donors (Lipinski definition) is 0. The number of piperazine rings is 1. The third-order valence-electron chi connectivity index (χ3n) is 6.01. The van der Waals surface area contributed by atoms with E-state index in [0.29, 0.717) is 57.0 Å². The average Bonchev–Trinajstić information content (AvgIpc) is 3.37. The largest absolute Gasteiger partial charge is 0.368 e. The van der Waals surface area contributed by atoms with E-state index in [1.165, 1.54) is 6.33 Å². The number of hydrogen-bond acceptors (Lipinski definition) is 8. The van der Waals surface area contributed by atoms with Crippen molar-refractivity contribution in [3.05, 3.63) is 6.33 Å². The molecule has 29 heavy (non-hydrogen) atoms. The van der Waals surface area contributed by atoms with E-state index < -0.39 is 0 Å². The Morgan fingerprint density at radius 3 is 2.48 bits per heavy atom. The Hall–Kier alpha value is -2.82. The minimum Gasteiger partial charge on any atom is -0.368 e. The molecule has 0 aliphatic carbocycles. The first-order valence-corrected chi connectivity index (χ1v) is 10.1. The van der Waals surface area contributed by atoms with Gasteiger partial charge in [-0.05, 0) is 12.8 Å². The van der Waals surface area contributed by atoms with Crippen LogP contribution in [-0.2, 0) is 21.4 Å². The topological polar surface area (TPSA) is 110 Å². The Balaban J connectivity index is 1.16. The molecule has 11 heteroatoms. The molecule has 154 valence electrons. The summed E-state index contributed by atoms with van der Waals surface area (Å²) in [6.07, 6.45) is 2.96. The minimum absolute atomic E-state index is 0.0582. The van der Waals surface area contributed by atoms with Gasteiger partial charge in [-0.25, -0.2) is 14.6 Å². The van der Waals surface area contributed by atoms with Gasteiger partial charge in [0.15, 0.2) is 17.0 Å². The zero-order valence-corrected chi connectivity index (χ0v) is 16.4. The van der Waals surface area contributed by atoms with Crippen LogP contribution in [-0.4, -0.2) is 98.6 Å². The van der Waals surface area contributed by atoms with Crippen molar-refractivity contribution >= 4 is 28.8 Å². The van der Waals surface area contributed by atoms with Crippen molar-refractivity contribution in [2.45, 2.75) is 18.9 Å². The molecule has 3 aliphatic heterocycles. The average molecular weight is 400 g/mol. The van der Waals surface area contributed by atoms with Crippen molar-refractivity contribution in [1.82, 2.24) is 34.8 Å². The van der Waals surface area contributed by atoms with Crippen molar-refractivity contribution in [2.75, 3.05) is 50.8 Å². The third kappa shape index (κ3) is 3.18. The molecule has 5 heterocycles. The molecule has 0 aromatic carbocycles. The van der Waals surface area contributed by atoms with Gasteiger partial charge >= 0.3 is 0 Å². The van der Waals surface area contributed by atoms with Crippen LogP contribution in [0.5, 0.6) is 0 Å². The number of aromatic nitrogens is 5. The first-order valence-electron chi connectivity index (χ1n) is 10.1. The molecule has 3 aliphatic rings. The van der Waals surface area contributed by atoms with Gasteiger partial charge in [0.2, 0.25) is 5.91 Å². The number of aryl methyl sites for hydroxylation is 1. The highest BCUT2D eigenvalue weighted by Gasteiger charge is 2.39. The normalized spacial score (nSPS) is 22.9. The lowest BCUT2D eigenvalue weighted by Crippen LogP contribution is -2.59.